The second-order valence-corrected chi connectivity index (χ2v) is 5.31. The Labute approximate surface area is 143 Å². The van der Waals surface area contributed by atoms with E-state index in [4.69, 9.17) is 4.74 Å². The molecular weight excluding hydrogens is 390 g/mol. The number of alkyl halides is 2. The third-order valence-electron chi connectivity index (χ3n) is 2.65. The summed E-state index contributed by atoms with van der Waals surface area (Å²) in [6.07, 6.45) is 2.78. The van der Waals surface area contributed by atoms with E-state index in [1.165, 1.54) is 42.7 Å². The third kappa shape index (κ3) is 5.27. The summed E-state index contributed by atoms with van der Waals surface area (Å²) in [5.74, 6) is -1.63. The Morgan fingerprint density at radius 2 is 2.00 bits per heavy atom. The van der Waals surface area contributed by atoms with Crippen LogP contribution >= 0.6 is 15.9 Å². The summed E-state index contributed by atoms with van der Waals surface area (Å²) in [7, 11) is 0. The molecule has 0 atom stereocenters. The molecule has 24 heavy (non-hydrogen) atoms. The Morgan fingerprint density at radius 3 is 2.71 bits per heavy atom. The van der Waals surface area contributed by atoms with Gasteiger partial charge in [-0.05, 0) is 34.1 Å². The predicted molar refractivity (Wildman–Crippen MR) is 83.9 cm³/mol. The summed E-state index contributed by atoms with van der Waals surface area (Å²) in [6, 6.07) is 7.16. The monoisotopic (exact) mass is 400 g/mol. The maximum absolute atomic E-state index is 12.3. The van der Waals surface area contributed by atoms with E-state index in [1.54, 1.807) is 0 Å². The van der Waals surface area contributed by atoms with Gasteiger partial charge in [-0.1, -0.05) is 12.1 Å². The first kappa shape index (κ1) is 17.8. The van der Waals surface area contributed by atoms with Crippen LogP contribution in [0.25, 0.3) is 0 Å². The summed E-state index contributed by atoms with van der Waals surface area (Å²) < 4.78 is 34.3. The van der Waals surface area contributed by atoms with Crippen LogP contribution in [-0.4, -0.2) is 30.1 Å². The van der Waals surface area contributed by atoms with Gasteiger partial charge in [0, 0.05) is 16.9 Å². The Morgan fingerprint density at radius 1 is 1.25 bits per heavy atom. The molecule has 0 fully saturated rings. The van der Waals surface area contributed by atoms with E-state index in [0.717, 1.165) is 0 Å². The van der Waals surface area contributed by atoms with E-state index in [9.17, 15) is 18.4 Å². The van der Waals surface area contributed by atoms with Gasteiger partial charge in [0.05, 0.1) is 11.3 Å². The Kier molecular flexibility index (Phi) is 6.19. The number of para-hydroxylation sites is 2. The highest BCUT2D eigenvalue weighted by atomic mass is 79.9. The van der Waals surface area contributed by atoms with E-state index < -0.39 is 25.1 Å². The van der Waals surface area contributed by atoms with E-state index in [0.29, 0.717) is 4.47 Å². The number of benzene rings is 1. The maximum Gasteiger partial charge on any atom is 0.387 e. The molecule has 0 saturated heterocycles. The zero-order valence-corrected chi connectivity index (χ0v) is 13.6. The van der Waals surface area contributed by atoms with E-state index in [-0.39, 0.29) is 17.0 Å². The molecule has 1 amide bonds. The van der Waals surface area contributed by atoms with E-state index in [2.05, 4.69) is 31.0 Å². The van der Waals surface area contributed by atoms with E-state index >= 15 is 0 Å². The number of pyridine rings is 1. The minimum Gasteiger partial charge on any atom is -0.452 e. The van der Waals surface area contributed by atoms with Gasteiger partial charge in [-0.2, -0.15) is 8.78 Å². The molecule has 1 aromatic carbocycles. The van der Waals surface area contributed by atoms with Crippen molar-refractivity contribution in [1.29, 1.82) is 0 Å². The van der Waals surface area contributed by atoms with Gasteiger partial charge in [-0.25, -0.2) is 4.79 Å². The molecule has 0 aliphatic heterocycles. The van der Waals surface area contributed by atoms with Crippen molar-refractivity contribution in [3.05, 3.63) is 52.8 Å². The highest BCUT2D eigenvalue weighted by Crippen LogP contribution is 2.25. The summed E-state index contributed by atoms with van der Waals surface area (Å²) in [6.45, 7) is -3.61. The first-order valence-corrected chi connectivity index (χ1v) is 7.36. The number of aromatic nitrogens is 1. The van der Waals surface area contributed by atoms with Crippen LogP contribution in [-0.2, 0) is 9.53 Å². The molecule has 2 rings (SSSR count). The number of halogens is 3. The van der Waals surface area contributed by atoms with Crippen molar-refractivity contribution in [2.24, 2.45) is 0 Å². The molecule has 0 unspecified atom stereocenters. The number of rotatable bonds is 6. The van der Waals surface area contributed by atoms with Crippen LogP contribution in [0, 0.1) is 0 Å². The largest absolute Gasteiger partial charge is 0.452 e. The topological polar surface area (TPSA) is 77.5 Å². The highest BCUT2D eigenvalue weighted by molar-refractivity contribution is 9.10. The van der Waals surface area contributed by atoms with Gasteiger partial charge < -0.3 is 14.8 Å². The molecule has 126 valence electrons. The van der Waals surface area contributed by atoms with Crippen molar-refractivity contribution in [1.82, 2.24) is 4.98 Å². The molecule has 0 radical (unpaired) electrons. The quantitative estimate of drug-likeness (QED) is 0.753. The first-order chi connectivity index (χ1) is 11.5. The second kappa shape index (κ2) is 8.34. The standard InChI is InChI=1S/C15H11BrF2N2O4/c16-10-5-9(6-19-7-10)14(22)23-8-13(21)20-11-3-1-2-4-12(11)24-15(17)18/h1-7,15H,8H2,(H,20,21). The molecule has 9 heteroatoms. The number of esters is 1. The average molecular weight is 401 g/mol. The molecule has 1 heterocycles. The minimum absolute atomic E-state index is 0.0444. The Balaban J connectivity index is 1.93. The van der Waals surface area contributed by atoms with Crippen molar-refractivity contribution < 1.29 is 27.8 Å². The molecule has 0 spiro atoms. The van der Waals surface area contributed by atoms with Gasteiger partial charge in [0.1, 0.15) is 5.75 Å². The molecule has 2 aromatic rings. The third-order valence-corrected chi connectivity index (χ3v) is 3.09. The van der Waals surface area contributed by atoms with Crippen molar-refractivity contribution >= 4 is 33.5 Å². The number of hydrogen-bond donors (Lipinski definition) is 1. The number of carbonyl (C=O) groups excluding carboxylic acids is 2. The van der Waals surface area contributed by atoms with Crippen LogP contribution in [0.5, 0.6) is 5.75 Å². The lowest BCUT2D eigenvalue weighted by Gasteiger charge is -2.11. The summed E-state index contributed by atoms with van der Waals surface area (Å²) in [5, 5.41) is 2.33. The van der Waals surface area contributed by atoms with Crippen molar-refractivity contribution in [2.75, 3.05) is 11.9 Å². The average Bonchev–Trinajstić information content (AvgIpc) is 2.54. The zero-order chi connectivity index (χ0) is 17.5. The molecule has 0 saturated carbocycles. The van der Waals surface area contributed by atoms with Crippen LogP contribution in [0.3, 0.4) is 0 Å². The number of anilines is 1. The smallest absolute Gasteiger partial charge is 0.387 e. The van der Waals surface area contributed by atoms with Gasteiger partial charge in [0.25, 0.3) is 5.91 Å². The first-order valence-electron chi connectivity index (χ1n) is 6.57. The molecule has 0 bridgehead atoms. The molecule has 6 nitrogen and oxygen atoms in total. The second-order valence-electron chi connectivity index (χ2n) is 4.39. The van der Waals surface area contributed by atoms with E-state index in [1.807, 2.05) is 0 Å². The Hall–Kier alpha value is -2.55. The SMILES string of the molecule is O=C(COC(=O)c1cncc(Br)c1)Nc1ccccc1OC(F)F. The molecule has 0 aliphatic carbocycles. The van der Waals surface area contributed by atoms with Gasteiger partial charge >= 0.3 is 12.6 Å². The molecular formula is C15H11BrF2N2O4. The van der Waals surface area contributed by atoms with Crippen molar-refractivity contribution in [2.45, 2.75) is 6.61 Å². The minimum atomic E-state index is -3.02. The lowest BCUT2D eigenvalue weighted by atomic mass is 10.3. The van der Waals surface area contributed by atoms with Crippen LogP contribution in [0.4, 0.5) is 14.5 Å². The van der Waals surface area contributed by atoms with Gasteiger partial charge in [0.2, 0.25) is 0 Å². The number of amides is 1. The van der Waals surface area contributed by atoms with Gasteiger partial charge in [-0.15, -0.1) is 0 Å². The van der Waals surface area contributed by atoms with Crippen LogP contribution < -0.4 is 10.1 Å². The fraction of sp³-hybridized carbons (Fsp3) is 0.133. The van der Waals surface area contributed by atoms with Crippen molar-refractivity contribution in [3.63, 3.8) is 0 Å². The highest BCUT2D eigenvalue weighted by Gasteiger charge is 2.14. The summed E-state index contributed by atoms with van der Waals surface area (Å²) >= 11 is 3.16. The molecule has 1 aromatic heterocycles. The maximum atomic E-state index is 12.3. The number of hydrogen-bond acceptors (Lipinski definition) is 5. The normalized spacial score (nSPS) is 10.3. The fourth-order valence-corrected chi connectivity index (χ4v) is 2.06. The summed E-state index contributed by atoms with van der Waals surface area (Å²) in [4.78, 5) is 27.4. The number of nitrogens with one attached hydrogen (secondary N) is 1. The molecule has 1 N–H and O–H groups in total. The summed E-state index contributed by atoms with van der Waals surface area (Å²) in [5.41, 5.74) is 0.210. The number of ether oxygens (including phenoxy) is 2. The van der Waals surface area contributed by atoms with Crippen molar-refractivity contribution in [3.8, 4) is 5.75 Å². The lowest BCUT2D eigenvalue weighted by molar-refractivity contribution is -0.119. The number of carbonyl (C=O) groups is 2. The van der Waals surface area contributed by atoms with Crippen LogP contribution in [0.1, 0.15) is 10.4 Å². The predicted octanol–water partition coefficient (Wildman–Crippen LogP) is 3.24. The van der Waals surface area contributed by atoms with Gasteiger partial charge in [-0.3, -0.25) is 9.78 Å². The molecule has 0 aliphatic rings. The van der Waals surface area contributed by atoms with Gasteiger partial charge in [0.15, 0.2) is 6.61 Å². The lowest BCUT2D eigenvalue weighted by Crippen LogP contribution is -2.21. The zero-order valence-electron chi connectivity index (χ0n) is 12.0. The van der Waals surface area contributed by atoms with Crippen LogP contribution in [0.15, 0.2) is 47.2 Å². The van der Waals surface area contributed by atoms with Crippen LogP contribution in [0.2, 0.25) is 0 Å². The number of nitrogens with zero attached hydrogens (tertiary/aromatic N) is 1. The fourth-order valence-electron chi connectivity index (χ4n) is 1.69. The Bertz CT molecular complexity index is 743.